The fourth-order valence-corrected chi connectivity index (χ4v) is 4.10. The number of piperidine rings is 1. The summed E-state index contributed by atoms with van der Waals surface area (Å²) in [5.41, 5.74) is 1.30. The highest BCUT2D eigenvalue weighted by Crippen LogP contribution is 2.34. The molecule has 2 aromatic rings. The Hall–Kier alpha value is -3.62. The molecular formula is C26H31N3O6. The monoisotopic (exact) mass is 481 g/mol. The third kappa shape index (κ3) is 6.29. The van der Waals surface area contributed by atoms with Gasteiger partial charge in [-0.1, -0.05) is 12.1 Å². The molecule has 35 heavy (non-hydrogen) atoms. The second-order valence-electron chi connectivity index (χ2n) is 9.77. The number of imide groups is 1. The lowest BCUT2D eigenvalue weighted by molar-refractivity contribution is -0.134. The fourth-order valence-electron chi connectivity index (χ4n) is 4.10. The summed E-state index contributed by atoms with van der Waals surface area (Å²) < 4.78 is 17.2. The zero-order chi connectivity index (χ0) is 25.0. The van der Waals surface area contributed by atoms with Crippen LogP contribution in [0.15, 0.2) is 42.7 Å². The van der Waals surface area contributed by atoms with E-state index in [1.165, 1.54) is 0 Å². The molecule has 1 unspecified atom stereocenters. The van der Waals surface area contributed by atoms with Crippen LogP contribution in [-0.2, 0) is 14.3 Å². The average molecular weight is 482 g/mol. The van der Waals surface area contributed by atoms with Crippen LogP contribution in [0.2, 0.25) is 0 Å². The first kappa shape index (κ1) is 24.5. The van der Waals surface area contributed by atoms with Crippen molar-refractivity contribution in [2.75, 3.05) is 26.3 Å². The van der Waals surface area contributed by atoms with Crippen LogP contribution in [-0.4, -0.2) is 59.7 Å². The first-order valence-corrected chi connectivity index (χ1v) is 11.8. The van der Waals surface area contributed by atoms with Crippen molar-refractivity contribution in [1.82, 2.24) is 15.2 Å². The van der Waals surface area contributed by atoms with Crippen molar-refractivity contribution >= 4 is 17.9 Å². The van der Waals surface area contributed by atoms with Gasteiger partial charge in [0.15, 0.2) is 0 Å². The molecule has 1 aromatic carbocycles. The number of aromatic nitrogens is 1. The van der Waals surface area contributed by atoms with Crippen molar-refractivity contribution < 1.29 is 28.6 Å². The van der Waals surface area contributed by atoms with Crippen LogP contribution in [0.4, 0.5) is 4.79 Å². The van der Waals surface area contributed by atoms with Gasteiger partial charge >= 0.3 is 6.09 Å². The number of hydrogen-bond acceptors (Lipinski definition) is 7. The van der Waals surface area contributed by atoms with E-state index in [0.717, 1.165) is 16.9 Å². The van der Waals surface area contributed by atoms with Gasteiger partial charge in [-0.15, -0.1) is 0 Å². The Kier molecular flexibility index (Phi) is 7.23. The highest BCUT2D eigenvalue weighted by molar-refractivity contribution is 6.00. The lowest BCUT2D eigenvalue weighted by Crippen LogP contribution is -2.50. The second-order valence-corrected chi connectivity index (χ2v) is 9.77. The van der Waals surface area contributed by atoms with Crippen LogP contribution >= 0.6 is 0 Å². The maximum absolute atomic E-state index is 12.2. The average Bonchev–Trinajstić information content (AvgIpc) is 2.76. The van der Waals surface area contributed by atoms with Gasteiger partial charge in [0.2, 0.25) is 11.8 Å². The topological polar surface area (TPSA) is 107 Å². The minimum Gasteiger partial charge on any atom is -0.490 e. The van der Waals surface area contributed by atoms with E-state index in [2.05, 4.69) is 10.3 Å². The Morgan fingerprint density at radius 1 is 1.09 bits per heavy atom. The fraction of sp³-hybridized carbons (Fsp3) is 0.462. The molecule has 0 bridgehead atoms. The first-order valence-electron chi connectivity index (χ1n) is 11.8. The molecule has 2 fully saturated rings. The molecule has 0 saturated carbocycles. The molecule has 1 aromatic heterocycles. The number of likely N-dealkylation sites (tertiary alicyclic amines) is 1. The molecule has 0 radical (unpaired) electrons. The summed E-state index contributed by atoms with van der Waals surface area (Å²) in [5, 5.41) is 2.38. The quantitative estimate of drug-likeness (QED) is 0.477. The summed E-state index contributed by atoms with van der Waals surface area (Å²) in [7, 11) is 0. The third-order valence-corrected chi connectivity index (χ3v) is 5.91. The van der Waals surface area contributed by atoms with Gasteiger partial charge in [0.25, 0.3) is 0 Å². The first-order chi connectivity index (χ1) is 16.7. The largest absolute Gasteiger partial charge is 0.490 e. The summed E-state index contributed by atoms with van der Waals surface area (Å²) in [6.45, 7) is 7.36. The van der Waals surface area contributed by atoms with Crippen molar-refractivity contribution in [2.45, 2.75) is 51.0 Å². The molecule has 9 nitrogen and oxygen atoms in total. The van der Waals surface area contributed by atoms with Gasteiger partial charge < -0.3 is 19.1 Å². The normalized spacial score (nSPS) is 18.5. The van der Waals surface area contributed by atoms with E-state index >= 15 is 0 Å². The summed E-state index contributed by atoms with van der Waals surface area (Å²) >= 11 is 0. The SMILES string of the molecule is CC(C)(C)OC(=O)N1CC(c2cnccc2OCCOc2ccc(C3CCC(=O)NC3=O)cc2)C1. The number of nitrogens with zero attached hydrogens (tertiary/aromatic N) is 2. The molecule has 1 atom stereocenters. The van der Waals surface area contributed by atoms with Gasteiger partial charge in [0.05, 0.1) is 5.92 Å². The van der Waals surface area contributed by atoms with Crippen molar-refractivity contribution in [3.8, 4) is 11.5 Å². The molecule has 3 heterocycles. The molecule has 186 valence electrons. The number of benzene rings is 1. The lowest BCUT2D eigenvalue weighted by Gasteiger charge is -2.40. The van der Waals surface area contributed by atoms with Gasteiger partial charge in [-0.05, 0) is 51.0 Å². The third-order valence-electron chi connectivity index (χ3n) is 5.91. The number of nitrogens with one attached hydrogen (secondary N) is 1. The van der Waals surface area contributed by atoms with Crippen molar-refractivity contribution in [3.05, 3.63) is 53.9 Å². The van der Waals surface area contributed by atoms with E-state index < -0.39 is 5.60 Å². The van der Waals surface area contributed by atoms with Gasteiger partial charge in [0, 0.05) is 43.4 Å². The highest BCUT2D eigenvalue weighted by Gasteiger charge is 2.36. The number of amides is 3. The number of pyridine rings is 1. The summed E-state index contributed by atoms with van der Waals surface area (Å²) in [6.07, 6.45) is 4.02. The second kappa shape index (κ2) is 10.3. The molecular weight excluding hydrogens is 450 g/mol. The predicted octanol–water partition coefficient (Wildman–Crippen LogP) is 3.39. The van der Waals surface area contributed by atoms with E-state index in [4.69, 9.17) is 14.2 Å². The Labute approximate surface area is 204 Å². The minimum absolute atomic E-state index is 0.145. The molecule has 0 spiro atoms. The number of hydrogen-bond donors (Lipinski definition) is 1. The van der Waals surface area contributed by atoms with E-state index in [0.29, 0.717) is 44.9 Å². The molecule has 1 N–H and O–H groups in total. The minimum atomic E-state index is -0.518. The maximum Gasteiger partial charge on any atom is 0.410 e. The van der Waals surface area contributed by atoms with E-state index in [9.17, 15) is 14.4 Å². The Bertz CT molecular complexity index is 1070. The van der Waals surface area contributed by atoms with Gasteiger partial charge in [-0.25, -0.2) is 4.79 Å². The van der Waals surface area contributed by atoms with Crippen molar-refractivity contribution in [2.24, 2.45) is 0 Å². The number of rotatable bonds is 7. The van der Waals surface area contributed by atoms with Crippen LogP contribution in [0.5, 0.6) is 11.5 Å². The molecule has 9 heteroatoms. The van der Waals surface area contributed by atoms with Crippen LogP contribution in [0.25, 0.3) is 0 Å². The summed E-state index contributed by atoms with van der Waals surface area (Å²) in [5.74, 6) is 0.760. The summed E-state index contributed by atoms with van der Waals surface area (Å²) in [6, 6.07) is 9.15. The van der Waals surface area contributed by atoms with Gasteiger partial charge in [0.1, 0.15) is 30.3 Å². The van der Waals surface area contributed by atoms with Crippen LogP contribution < -0.4 is 14.8 Å². The Morgan fingerprint density at radius 2 is 1.80 bits per heavy atom. The van der Waals surface area contributed by atoms with Gasteiger partial charge in [-0.2, -0.15) is 0 Å². The number of carbonyl (C=O) groups excluding carboxylic acids is 3. The molecule has 0 aliphatic carbocycles. The molecule has 2 saturated heterocycles. The van der Waals surface area contributed by atoms with Gasteiger partial charge in [-0.3, -0.25) is 19.9 Å². The molecule has 2 aliphatic heterocycles. The highest BCUT2D eigenvalue weighted by atomic mass is 16.6. The van der Waals surface area contributed by atoms with E-state index in [1.807, 2.05) is 51.1 Å². The van der Waals surface area contributed by atoms with Crippen LogP contribution in [0.1, 0.15) is 56.6 Å². The van der Waals surface area contributed by atoms with Crippen LogP contribution in [0.3, 0.4) is 0 Å². The predicted molar refractivity (Wildman–Crippen MR) is 127 cm³/mol. The zero-order valence-corrected chi connectivity index (χ0v) is 20.3. The lowest BCUT2D eigenvalue weighted by atomic mass is 9.90. The molecule has 3 amide bonds. The number of ether oxygens (including phenoxy) is 3. The Morgan fingerprint density at radius 3 is 2.49 bits per heavy atom. The maximum atomic E-state index is 12.2. The van der Waals surface area contributed by atoms with E-state index in [-0.39, 0.29) is 29.7 Å². The smallest absolute Gasteiger partial charge is 0.410 e. The standard InChI is InChI=1S/C26H31N3O6/c1-26(2,3)35-25(32)29-15-18(16-29)21-14-27-11-10-22(21)34-13-12-33-19-6-4-17(5-7-19)20-8-9-23(30)28-24(20)31/h4-7,10-11,14,18,20H,8-9,12-13,15-16H2,1-3H3,(H,28,30,31). The summed E-state index contributed by atoms with van der Waals surface area (Å²) in [4.78, 5) is 41.5. The van der Waals surface area contributed by atoms with E-state index in [1.54, 1.807) is 17.3 Å². The Balaban J connectivity index is 1.24. The van der Waals surface area contributed by atoms with Crippen LogP contribution in [0, 0.1) is 0 Å². The molecule has 2 aliphatic rings. The van der Waals surface area contributed by atoms with Crippen molar-refractivity contribution in [1.29, 1.82) is 0 Å². The molecule has 4 rings (SSSR count). The number of carbonyl (C=O) groups is 3. The zero-order valence-electron chi connectivity index (χ0n) is 20.3. The van der Waals surface area contributed by atoms with Crippen molar-refractivity contribution in [3.63, 3.8) is 0 Å².